The number of aromatic nitrogens is 3. The first kappa shape index (κ1) is 19.5. The van der Waals surface area contributed by atoms with Gasteiger partial charge < -0.3 is 9.88 Å². The monoisotopic (exact) mass is 412 g/mol. The normalized spacial score (nSPS) is 25.5. The molecule has 9 heteroatoms. The van der Waals surface area contributed by atoms with Crippen LogP contribution in [0.3, 0.4) is 0 Å². The Morgan fingerprint density at radius 1 is 1.18 bits per heavy atom. The first-order valence-electron chi connectivity index (χ1n) is 9.82. The highest BCUT2D eigenvalue weighted by Crippen LogP contribution is 2.38. The highest BCUT2D eigenvalue weighted by atomic mass is 32.2. The van der Waals surface area contributed by atoms with Gasteiger partial charge in [0.25, 0.3) is 0 Å². The third-order valence-electron chi connectivity index (χ3n) is 6.24. The van der Waals surface area contributed by atoms with Crippen molar-refractivity contribution in [2.45, 2.75) is 50.5 Å². The fourth-order valence-corrected chi connectivity index (χ4v) is 6.70. The maximum Gasteiger partial charge on any atom is 0.248 e. The van der Waals surface area contributed by atoms with Gasteiger partial charge in [0.2, 0.25) is 5.92 Å². The predicted octanol–water partition coefficient (Wildman–Crippen LogP) is 3.41. The molecule has 2 saturated carbocycles. The lowest BCUT2D eigenvalue weighted by molar-refractivity contribution is -0.0435. The standard InChI is InChI=1S/C19H26F2N4O2S/c1-25(18-16-4-7-22-17(16)23-12-24-18)15-8-14(9-15)11-28(26,27)10-13-2-5-19(20,21)6-3-13/h4,7,12-15H,2-3,5-6,8-11H2,1H3,(H,22,23,24). The molecule has 2 heterocycles. The van der Waals surface area contributed by atoms with Gasteiger partial charge in [-0.25, -0.2) is 27.2 Å². The van der Waals surface area contributed by atoms with Gasteiger partial charge in [-0.05, 0) is 43.6 Å². The summed E-state index contributed by atoms with van der Waals surface area (Å²) in [5.74, 6) is -1.54. The number of hydrogen-bond acceptors (Lipinski definition) is 5. The van der Waals surface area contributed by atoms with Crippen molar-refractivity contribution in [2.75, 3.05) is 23.5 Å². The molecule has 1 N–H and O–H groups in total. The van der Waals surface area contributed by atoms with Crippen molar-refractivity contribution in [2.24, 2.45) is 11.8 Å². The minimum Gasteiger partial charge on any atom is -0.356 e. The van der Waals surface area contributed by atoms with E-state index in [9.17, 15) is 17.2 Å². The van der Waals surface area contributed by atoms with Crippen LogP contribution in [0.4, 0.5) is 14.6 Å². The van der Waals surface area contributed by atoms with Crippen molar-refractivity contribution in [3.05, 3.63) is 18.6 Å². The van der Waals surface area contributed by atoms with Crippen LogP contribution >= 0.6 is 0 Å². The zero-order valence-corrected chi connectivity index (χ0v) is 16.8. The van der Waals surface area contributed by atoms with Crippen molar-refractivity contribution in [1.29, 1.82) is 0 Å². The van der Waals surface area contributed by atoms with Gasteiger partial charge in [0, 0.05) is 32.1 Å². The third-order valence-corrected chi connectivity index (χ3v) is 8.20. The van der Waals surface area contributed by atoms with E-state index in [-0.39, 0.29) is 42.2 Å². The molecule has 154 valence electrons. The van der Waals surface area contributed by atoms with Gasteiger partial charge in [0.05, 0.1) is 16.9 Å². The molecule has 4 rings (SSSR count). The molecule has 0 spiro atoms. The molecule has 2 aliphatic carbocycles. The average molecular weight is 413 g/mol. The first-order valence-corrected chi connectivity index (χ1v) is 11.6. The Hall–Kier alpha value is -1.77. The van der Waals surface area contributed by atoms with E-state index in [0.29, 0.717) is 12.8 Å². The number of anilines is 1. The summed E-state index contributed by atoms with van der Waals surface area (Å²) in [5.41, 5.74) is 0.786. The number of halogens is 2. The second-order valence-corrected chi connectivity index (χ2v) is 10.6. The van der Waals surface area contributed by atoms with Gasteiger partial charge >= 0.3 is 0 Å². The summed E-state index contributed by atoms with van der Waals surface area (Å²) in [6.45, 7) is 0. The highest BCUT2D eigenvalue weighted by molar-refractivity contribution is 7.91. The molecule has 2 aliphatic rings. The molecule has 0 aromatic carbocycles. The quantitative estimate of drug-likeness (QED) is 0.787. The SMILES string of the molecule is CN(c1ncnc2[nH]ccc12)C1CC(CS(=O)(=O)CC2CCC(F)(F)CC2)C1. The number of sulfone groups is 1. The number of hydrogen-bond donors (Lipinski definition) is 1. The second kappa shape index (κ2) is 7.24. The number of nitrogens with one attached hydrogen (secondary N) is 1. The number of fused-ring (bicyclic) bond motifs is 1. The van der Waals surface area contributed by atoms with Crippen LogP contribution in [0.15, 0.2) is 18.6 Å². The van der Waals surface area contributed by atoms with Crippen molar-refractivity contribution in [1.82, 2.24) is 15.0 Å². The molecule has 0 atom stereocenters. The summed E-state index contributed by atoms with van der Waals surface area (Å²) < 4.78 is 51.6. The van der Waals surface area contributed by atoms with E-state index in [1.165, 1.54) is 6.33 Å². The summed E-state index contributed by atoms with van der Waals surface area (Å²) in [6.07, 6.45) is 5.20. The van der Waals surface area contributed by atoms with Gasteiger partial charge in [-0.3, -0.25) is 0 Å². The number of aromatic amines is 1. The second-order valence-electron chi connectivity index (χ2n) is 8.42. The number of alkyl halides is 2. The van der Waals surface area contributed by atoms with Crippen LogP contribution in [-0.2, 0) is 9.84 Å². The number of H-pyrrole nitrogens is 1. The van der Waals surface area contributed by atoms with E-state index in [1.54, 1.807) is 0 Å². The average Bonchev–Trinajstić information content (AvgIpc) is 3.08. The Morgan fingerprint density at radius 3 is 2.57 bits per heavy atom. The predicted molar refractivity (Wildman–Crippen MR) is 104 cm³/mol. The highest BCUT2D eigenvalue weighted by Gasteiger charge is 2.39. The molecule has 0 aliphatic heterocycles. The number of rotatable bonds is 6. The lowest BCUT2D eigenvalue weighted by atomic mass is 9.81. The summed E-state index contributed by atoms with van der Waals surface area (Å²) in [4.78, 5) is 13.8. The topological polar surface area (TPSA) is 79.0 Å². The molecule has 0 saturated heterocycles. The van der Waals surface area contributed by atoms with E-state index in [1.807, 2.05) is 19.3 Å². The van der Waals surface area contributed by atoms with Crippen molar-refractivity contribution in [3.8, 4) is 0 Å². The fourth-order valence-electron chi connectivity index (χ4n) is 4.52. The Labute approximate surface area is 163 Å². The Kier molecular flexibility index (Phi) is 5.05. The minimum atomic E-state index is -3.21. The van der Waals surface area contributed by atoms with Crippen molar-refractivity contribution >= 4 is 26.7 Å². The van der Waals surface area contributed by atoms with Crippen LogP contribution in [0.1, 0.15) is 38.5 Å². The van der Waals surface area contributed by atoms with E-state index in [2.05, 4.69) is 19.9 Å². The summed E-state index contributed by atoms with van der Waals surface area (Å²) in [7, 11) is -1.23. The maximum absolute atomic E-state index is 13.3. The van der Waals surface area contributed by atoms with Gasteiger partial charge in [-0.2, -0.15) is 0 Å². The van der Waals surface area contributed by atoms with E-state index >= 15 is 0 Å². The Morgan fingerprint density at radius 2 is 1.86 bits per heavy atom. The summed E-state index contributed by atoms with van der Waals surface area (Å²) in [6, 6.07) is 2.19. The molecule has 2 aromatic heterocycles. The minimum absolute atomic E-state index is 0.0516. The smallest absolute Gasteiger partial charge is 0.248 e. The van der Waals surface area contributed by atoms with Crippen LogP contribution in [0.25, 0.3) is 11.0 Å². The lowest BCUT2D eigenvalue weighted by Crippen LogP contribution is -2.45. The third kappa shape index (κ3) is 4.14. The Balaban J connectivity index is 1.30. The molecular formula is C19H26F2N4O2S. The van der Waals surface area contributed by atoms with Gasteiger partial charge in [-0.15, -0.1) is 0 Å². The van der Waals surface area contributed by atoms with Gasteiger partial charge in [0.1, 0.15) is 17.8 Å². The van der Waals surface area contributed by atoms with Crippen LogP contribution in [0.5, 0.6) is 0 Å². The largest absolute Gasteiger partial charge is 0.356 e. The molecular weight excluding hydrogens is 386 g/mol. The summed E-state index contributed by atoms with van der Waals surface area (Å²) in [5, 5.41) is 0.954. The first-order chi connectivity index (χ1) is 13.2. The molecule has 2 fully saturated rings. The van der Waals surface area contributed by atoms with E-state index in [4.69, 9.17) is 0 Å². The molecule has 2 aromatic rings. The molecule has 0 bridgehead atoms. The van der Waals surface area contributed by atoms with E-state index < -0.39 is 15.8 Å². The van der Waals surface area contributed by atoms with Crippen LogP contribution in [0, 0.1) is 11.8 Å². The van der Waals surface area contributed by atoms with Crippen LogP contribution < -0.4 is 4.90 Å². The molecule has 0 amide bonds. The number of nitrogens with zero attached hydrogens (tertiary/aromatic N) is 3. The molecule has 6 nitrogen and oxygen atoms in total. The molecule has 0 unspecified atom stereocenters. The fraction of sp³-hybridized carbons (Fsp3) is 0.684. The Bertz CT molecular complexity index is 930. The van der Waals surface area contributed by atoms with Crippen molar-refractivity contribution in [3.63, 3.8) is 0 Å². The van der Waals surface area contributed by atoms with Crippen LogP contribution in [-0.4, -0.2) is 53.9 Å². The lowest BCUT2D eigenvalue weighted by Gasteiger charge is -2.42. The van der Waals surface area contributed by atoms with Crippen LogP contribution in [0.2, 0.25) is 0 Å². The zero-order valence-electron chi connectivity index (χ0n) is 15.9. The molecule has 28 heavy (non-hydrogen) atoms. The van der Waals surface area contributed by atoms with E-state index in [0.717, 1.165) is 29.7 Å². The van der Waals surface area contributed by atoms with Crippen molar-refractivity contribution < 1.29 is 17.2 Å². The molecule has 0 radical (unpaired) electrons. The summed E-state index contributed by atoms with van der Waals surface area (Å²) >= 11 is 0. The van der Waals surface area contributed by atoms with Gasteiger partial charge in [-0.1, -0.05) is 0 Å². The maximum atomic E-state index is 13.3. The zero-order chi connectivity index (χ0) is 19.9. The van der Waals surface area contributed by atoms with Gasteiger partial charge in [0.15, 0.2) is 9.84 Å².